The van der Waals surface area contributed by atoms with Crippen molar-refractivity contribution in [2.45, 2.75) is 18.6 Å². The summed E-state index contributed by atoms with van der Waals surface area (Å²) in [6.07, 6.45) is 0. The number of nitrogens with zero attached hydrogens (tertiary/aromatic N) is 2. The number of halogens is 2. The standard InChI is InChI=1S/C17H25BrN4O3S.HI/c1-17(2)12-22(10-11-26(17,24)25)16(19-3)21-9-8-20-15(23)13-4-6-14(18)7-5-13;/h4-7H,8-12H2,1-3H3,(H,19,21)(H,20,23);1H. The highest BCUT2D eigenvalue weighted by Gasteiger charge is 2.40. The zero-order valence-electron chi connectivity index (χ0n) is 15.7. The van der Waals surface area contributed by atoms with E-state index >= 15 is 0 Å². The van der Waals surface area contributed by atoms with Gasteiger partial charge in [-0.2, -0.15) is 0 Å². The molecule has 1 fully saturated rings. The largest absolute Gasteiger partial charge is 0.354 e. The predicted octanol–water partition coefficient (Wildman–Crippen LogP) is 1.88. The Morgan fingerprint density at radius 3 is 2.37 bits per heavy atom. The van der Waals surface area contributed by atoms with Gasteiger partial charge in [-0.05, 0) is 38.1 Å². The molecule has 0 bridgehead atoms. The van der Waals surface area contributed by atoms with Crippen LogP contribution in [0.15, 0.2) is 33.7 Å². The monoisotopic (exact) mass is 572 g/mol. The van der Waals surface area contributed by atoms with Gasteiger partial charge in [0, 0.05) is 43.3 Å². The van der Waals surface area contributed by atoms with Gasteiger partial charge >= 0.3 is 0 Å². The van der Waals surface area contributed by atoms with Crippen LogP contribution in [0, 0.1) is 0 Å². The van der Waals surface area contributed by atoms with E-state index < -0.39 is 14.6 Å². The lowest BCUT2D eigenvalue weighted by Gasteiger charge is -2.39. The first kappa shape index (κ1) is 24.2. The van der Waals surface area contributed by atoms with Crippen LogP contribution in [0.5, 0.6) is 0 Å². The first-order valence-electron chi connectivity index (χ1n) is 8.38. The summed E-state index contributed by atoms with van der Waals surface area (Å²) >= 11 is 3.34. The fraction of sp³-hybridized carbons (Fsp3) is 0.529. The Kier molecular flexibility index (Phi) is 9.00. The van der Waals surface area contributed by atoms with Crippen molar-refractivity contribution in [2.75, 3.05) is 39.0 Å². The minimum atomic E-state index is -3.09. The Balaban J connectivity index is 0.00000364. The van der Waals surface area contributed by atoms with E-state index in [-0.39, 0.29) is 35.6 Å². The lowest BCUT2D eigenvalue weighted by molar-refractivity contribution is 0.0954. The van der Waals surface area contributed by atoms with Crippen LogP contribution in [0.3, 0.4) is 0 Å². The lowest BCUT2D eigenvalue weighted by atomic mass is 10.2. The van der Waals surface area contributed by atoms with E-state index in [0.717, 1.165) is 4.47 Å². The number of sulfone groups is 1. The zero-order chi connectivity index (χ0) is 19.4. The maximum atomic E-state index is 12.1. The number of nitrogens with one attached hydrogen (secondary N) is 2. The Hall–Kier alpha value is -0.880. The molecule has 1 aliphatic heterocycles. The molecule has 2 N–H and O–H groups in total. The third-order valence-electron chi connectivity index (χ3n) is 4.35. The molecule has 1 heterocycles. The molecule has 1 saturated heterocycles. The van der Waals surface area contributed by atoms with E-state index in [1.54, 1.807) is 33.0 Å². The molecule has 0 radical (unpaired) electrons. The summed E-state index contributed by atoms with van der Waals surface area (Å²) in [4.78, 5) is 18.2. The van der Waals surface area contributed by atoms with E-state index in [4.69, 9.17) is 0 Å². The minimum Gasteiger partial charge on any atom is -0.354 e. The maximum absolute atomic E-state index is 12.1. The molecule has 1 amide bonds. The fourth-order valence-electron chi connectivity index (χ4n) is 2.71. The summed E-state index contributed by atoms with van der Waals surface area (Å²) in [7, 11) is -1.43. The quantitative estimate of drug-likeness (QED) is 0.249. The molecule has 1 aromatic rings. The van der Waals surface area contributed by atoms with Crippen molar-refractivity contribution in [1.82, 2.24) is 15.5 Å². The number of rotatable bonds is 4. The molecule has 152 valence electrons. The number of hydrogen-bond donors (Lipinski definition) is 2. The molecule has 0 unspecified atom stereocenters. The Morgan fingerprint density at radius 1 is 1.22 bits per heavy atom. The highest BCUT2D eigenvalue weighted by Crippen LogP contribution is 2.23. The second kappa shape index (κ2) is 10.1. The van der Waals surface area contributed by atoms with E-state index in [1.165, 1.54) is 0 Å². The molecule has 0 saturated carbocycles. The summed E-state index contributed by atoms with van der Waals surface area (Å²) in [5.41, 5.74) is 0.598. The normalized spacial score (nSPS) is 18.4. The van der Waals surface area contributed by atoms with Crippen molar-refractivity contribution in [3.63, 3.8) is 0 Å². The predicted molar refractivity (Wildman–Crippen MR) is 123 cm³/mol. The van der Waals surface area contributed by atoms with Crippen molar-refractivity contribution in [1.29, 1.82) is 0 Å². The fourth-order valence-corrected chi connectivity index (χ4v) is 4.34. The van der Waals surface area contributed by atoms with Crippen molar-refractivity contribution < 1.29 is 13.2 Å². The van der Waals surface area contributed by atoms with E-state index in [2.05, 4.69) is 31.6 Å². The van der Waals surface area contributed by atoms with Gasteiger partial charge < -0.3 is 15.5 Å². The van der Waals surface area contributed by atoms with Gasteiger partial charge in [0.25, 0.3) is 5.91 Å². The van der Waals surface area contributed by atoms with Gasteiger partial charge in [0.15, 0.2) is 15.8 Å². The van der Waals surface area contributed by atoms with Gasteiger partial charge in [-0.15, -0.1) is 24.0 Å². The van der Waals surface area contributed by atoms with Crippen LogP contribution in [0.2, 0.25) is 0 Å². The van der Waals surface area contributed by atoms with Crippen molar-refractivity contribution >= 4 is 61.6 Å². The average Bonchev–Trinajstić information content (AvgIpc) is 2.58. The minimum absolute atomic E-state index is 0. The molecule has 27 heavy (non-hydrogen) atoms. The summed E-state index contributed by atoms with van der Waals surface area (Å²) < 4.78 is 24.3. The molecule has 1 aliphatic rings. The number of benzene rings is 1. The number of carbonyl (C=O) groups is 1. The Labute approximate surface area is 186 Å². The maximum Gasteiger partial charge on any atom is 0.251 e. The molecule has 1 aromatic carbocycles. The van der Waals surface area contributed by atoms with Crippen LogP contribution < -0.4 is 10.6 Å². The number of guanidine groups is 1. The van der Waals surface area contributed by atoms with E-state index in [0.29, 0.717) is 37.7 Å². The summed E-state index contributed by atoms with van der Waals surface area (Å²) in [6.45, 7) is 5.21. The van der Waals surface area contributed by atoms with Crippen LogP contribution in [0.25, 0.3) is 0 Å². The van der Waals surface area contributed by atoms with E-state index in [9.17, 15) is 13.2 Å². The first-order valence-corrected chi connectivity index (χ1v) is 10.8. The number of carbonyl (C=O) groups excluding carboxylic acids is 1. The molecule has 0 atom stereocenters. The smallest absolute Gasteiger partial charge is 0.251 e. The van der Waals surface area contributed by atoms with Gasteiger partial charge in [-0.1, -0.05) is 15.9 Å². The molecule has 0 aromatic heterocycles. The molecular formula is C17H26BrIN4O3S. The van der Waals surface area contributed by atoms with Crippen molar-refractivity contribution in [3.05, 3.63) is 34.3 Å². The molecule has 2 rings (SSSR count). The summed E-state index contributed by atoms with van der Waals surface area (Å²) in [6, 6.07) is 7.15. The topological polar surface area (TPSA) is 90.9 Å². The van der Waals surface area contributed by atoms with Crippen molar-refractivity contribution in [2.24, 2.45) is 4.99 Å². The van der Waals surface area contributed by atoms with Crippen molar-refractivity contribution in [3.8, 4) is 0 Å². The summed E-state index contributed by atoms with van der Waals surface area (Å²) in [5, 5.41) is 6.02. The van der Waals surface area contributed by atoms with E-state index in [1.807, 2.05) is 17.0 Å². The third-order valence-corrected chi connectivity index (χ3v) is 7.42. The SMILES string of the molecule is CN=C(NCCNC(=O)c1ccc(Br)cc1)N1CCS(=O)(=O)C(C)(C)C1.I. The first-order chi connectivity index (χ1) is 12.2. The molecule has 7 nitrogen and oxygen atoms in total. The number of amides is 1. The van der Waals surface area contributed by atoms with Crippen LogP contribution >= 0.6 is 39.9 Å². The number of aliphatic imine (C=N–C) groups is 1. The van der Waals surface area contributed by atoms with Gasteiger partial charge in [-0.25, -0.2) is 8.42 Å². The average molecular weight is 573 g/mol. The third kappa shape index (κ3) is 6.31. The van der Waals surface area contributed by atoms with Crippen LogP contribution in [0.4, 0.5) is 0 Å². The Morgan fingerprint density at radius 2 is 1.81 bits per heavy atom. The number of hydrogen-bond acceptors (Lipinski definition) is 4. The van der Waals surface area contributed by atoms with Gasteiger partial charge in [0.05, 0.1) is 10.5 Å². The molecule has 0 spiro atoms. The van der Waals surface area contributed by atoms with Gasteiger partial charge in [0.1, 0.15) is 0 Å². The second-order valence-corrected chi connectivity index (χ2v) is 10.4. The van der Waals surface area contributed by atoms with Gasteiger partial charge in [0.2, 0.25) is 0 Å². The van der Waals surface area contributed by atoms with Crippen LogP contribution in [0.1, 0.15) is 24.2 Å². The highest BCUT2D eigenvalue weighted by molar-refractivity contribution is 14.0. The summed E-state index contributed by atoms with van der Waals surface area (Å²) in [5.74, 6) is 0.617. The van der Waals surface area contributed by atoms with Crippen LogP contribution in [-0.4, -0.2) is 68.9 Å². The lowest BCUT2D eigenvalue weighted by Crippen LogP contribution is -2.57. The molecule has 0 aliphatic carbocycles. The molecule has 10 heteroatoms. The Bertz CT molecular complexity index is 782. The highest BCUT2D eigenvalue weighted by atomic mass is 127. The second-order valence-electron chi connectivity index (χ2n) is 6.74. The van der Waals surface area contributed by atoms with Crippen LogP contribution in [-0.2, 0) is 9.84 Å². The van der Waals surface area contributed by atoms with Gasteiger partial charge in [-0.3, -0.25) is 9.79 Å². The molecular weight excluding hydrogens is 547 g/mol. The zero-order valence-corrected chi connectivity index (χ0v) is 20.4.